The fourth-order valence-electron chi connectivity index (χ4n) is 1.95. The van der Waals surface area contributed by atoms with Crippen molar-refractivity contribution >= 4 is 5.91 Å². The van der Waals surface area contributed by atoms with Crippen molar-refractivity contribution in [1.29, 1.82) is 5.26 Å². The van der Waals surface area contributed by atoms with Gasteiger partial charge in [-0.1, -0.05) is 25.8 Å². The Kier molecular flexibility index (Phi) is 7.30. The smallest absolute Gasteiger partial charge is 0.239 e. The average Bonchev–Trinajstić information content (AvgIpc) is 2.49. The number of unbranched alkanes of at least 4 members (excludes halogenated alkanes) is 1. The molecule has 0 aliphatic carbocycles. The lowest BCUT2D eigenvalue weighted by molar-refractivity contribution is -0.133. The number of pyridine rings is 1. The lowest BCUT2D eigenvalue weighted by Gasteiger charge is -2.25. The van der Waals surface area contributed by atoms with E-state index >= 15 is 0 Å². The summed E-state index contributed by atoms with van der Waals surface area (Å²) in [5.41, 5.74) is 6.89. The summed E-state index contributed by atoms with van der Waals surface area (Å²) in [6, 6.07) is 5.34. The Morgan fingerprint density at radius 2 is 2.40 bits per heavy atom. The van der Waals surface area contributed by atoms with E-state index in [1.807, 2.05) is 12.1 Å². The standard InChI is InChI=1S/C15H22N4O/c1-2-3-7-14(17)15(20)19(10-5-8-16)12-13-6-4-9-18-11-13/h4,6,9,11,14H,2-3,5,7,10,12,17H2,1H3. The molecule has 0 spiro atoms. The minimum absolute atomic E-state index is 0.0856. The van der Waals surface area contributed by atoms with E-state index in [-0.39, 0.29) is 5.91 Å². The Morgan fingerprint density at radius 1 is 1.60 bits per heavy atom. The molecule has 0 saturated carbocycles. The molecule has 1 heterocycles. The lowest BCUT2D eigenvalue weighted by Crippen LogP contribution is -2.43. The minimum Gasteiger partial charge on any atom is -0.336 e. The van der Waals surface area contributed by atoms with Gasteiger partial charge >= 0.3 is 0 Å². The summed E-state index contributed by atoms with van der Waals surface area (Å²) in [6.45, 7) is 2.93. The van der Waals surface area contributed by atoms with Gasteiger partial charge in [-0.3, -0.25) is 9.78 Å². The molecular formula is C15H22N4O. The van der Waals surface area contributed by atoms with E-state index in [9.17, 15) is 4.79 Å². The molecule has 1 rings (SSSR count). The third kappa shape index (κ3) is 5.37. The van der Waals surface area contributed by atoms with Crippen LogP contribution in [-0.2, 0) is 11.3 Å². The molecule has 5 heteroatoms. The lowest BCUT2D eigenvalue weighted by atomic mass is 10.1. The topological polar surface area (TPSA) is 83.0 Å². The van der Waals surface area contributed by atoms with Crippen molar-refractivity contribution < 1.29 is 4.79 Å². The monoisotopic (exact) mass is 274 g/mol. The van der Waals surface area contributed by atoms with Gasteiger partial charge in [-0.2, -0.15) is 5.26 Å². The highest BCUT2D eigenvalue weighted by Crippen LogP contribution is 2.08. The van der Waals surface area contributed by atoms with Crippen molar-refractivity contribution in [2.45, 2.75) is 45.2 Å². The molecule has 0 saturated heterocycles. The molecule has 0 aromatic carbocycles. The maximum Gasteiger partial charge on any atom is 0.239 e. The molecule has 1 amide bonds. The largest absolute Gasteiger partial charge is 0.336 e. The van der Waals surface area contributed by atoms with Crippen LogP contribution in [0.15, 0.2) is 24.5 Å². The molecule has 0 fully saturated rings. The van der Waals surface area contributed by atoms with E-state index in [1.54, 1.807) is 17.3 Å². The normalized spacial score (nSPS) is 11.7. The van der Waals surface area contributed by atoms with Crippen molar-refractivity contribution in [2.75, 3.05) is 6.54 Å². The van der Waals surface area contributed by atoms with Gasteiger partial charge in [0.2, 0.25) is 5.91 Å². The molecule has 0 aliphatic heterocycles. The molecule has 0 radical (unpaired) electrons. The molecule has 1 unspecified atom stereocenters. The van der Waals surface area contributed by atoms with Crippen LogP contribution in [0.1, 0.15) is 38.2 Å². The van der Waals surface area contributed by atoms with Gasteiger partial charge in [0.1, 0.15) is 0 Å². The van der Waals surface area contributed by atoms with Gasteiger partial charge in [-0.25, -0.2) is 0 Å². The Labute approximate surface area is 120 Å². The number of nitrogens with two attached hydrogens (primary N) is 1. The van der Waals surface area contributed by atoms with Crippen LogP contribution in [0.4, 0.5) is 0 Å². The number of nitrogens with zero attached hydrogens (tertiary/aromatic N) is 3. The van der Waals surface area contributed by atoms with Gasteiger partial charge in [-0.15, -0.1) is 0 Å². The summed E-state index contributed by atoms with van der Waals surface area (Å²) >= 11 is 0. The van der Waals surface area contributed by atoms with Crippen molar-refractivity contribution in [3.05, 3.63) is 30.1 Å². The Bertz CT molecular complexity index is 441. The van der Waals surface area contributed by atoms with Gasteiger partial charge in [-0.05, 0) is 18.1 Å². The van der Waals surface area contributed by atoms with Crippen LogP contribution >= 0.6 is 0 Å². The Hall–Kier alpha value is -1.93. The summed E-state index contributed by atoms with van der Waals surface area (Å²) in [4.78, 5) is 18.0. The molecule has 20 heavy (non-hydrogen) atoms. The van der Waals surface area contributed by atoms with E-state index < -0.39 is 6.04 Å². The van der Waals surface area contributed by atoms with Crippen molar-refractivity contribution in [1.82, 2.24) is 9.88 Å². The maximum absolute atomic E-state index is 12.3. The molecule has 0 aliphatic rings. The van der Waals surface area contributed by atoms with Crippen molar-refractivity contribution in [3.63, 3.8) is 0 Å². The number of hydrogen-bond donors (Lipinski definition) is 1. The first-order valence-electron chi connectivity index (χ1n) is 6.99. The molecule has 1 aromatic rings. The van der Waals surface area contributed by atoms with Gasteiger partial charge in [0, 0.05) is 25.5 Å². The highest BCUT2D eigenvalue weighted by atomic mass is 16.2. The third-order valence-corrected chi connectivity index (χ3v) is 3.09. The molecule has 2 N–H and O–H groups in total. The second-order valence-corrected chi connectivity index (χ2v) is 4.78. The second-order valence-electron chi connectivity index (χ2n) is 4.78. The van der Waals surface area contributed by atoms with E-state index in [4.69, 9.17) is 11.0 Å². The van der Waals surface area contributed by atoms with E-state index in [0.717, 1.165) is 18.4 Å². The summed E-state index contributed by atoms with van der Waals surface area (Å²) in [6.07, 6.45) is 6.37. The predicted octanol–water partition coefficient (Wildman–Crippen LogP) is 1.84. The summed E-state index contributed by atoms with van der Waals surface area (Å²) in [5.74, 6) is -0.0856. The van der Waals surface area contributed by atoms with Crippen molar-refractivity contribution in [3.8, 4) is 6.07 Å². The quantitative estimate of drug-likeness (QED) is 0.784. The van der Waals surface area contributed by atoms with Crippen LogP contribution in [0.2, 0.25) is 0 Å². The summed E-state index contributed by atoms with van der Waals surface area (Å²) < 4.78 is 0. The molecule has 108 valence electrons. The average molecular weight is 274 g/mol. The number of carbonyl (C=O) groups is 1. The number of amides is 1. The number of carbonyl (C=O) groups excluding carboxylic acids is 1. The number of nitriles is 1. The van der Waals surface area contributed by atoms with E-state index in [1.165, 1.54) is 0 Å². The maximum atomic E-state index is 12.3. The predicted molar refractivity (Wildman–Crippen MR) is 77.4 cm³/mol. The molecular weight excluding hydrogens is 252 g/mol. The van der Waals surface area contributed by atoms with Crippen LogP contribution < -0.4 is 5.73 Å². The molecule has 1 atom stereocenters. The zero-order valence-electron chi connectivity index (χ0n) is 12.0. The van der Waals surface area contributed by atoms with E-state index in [0.29, 0.717) is 25.9 Å². The van der Waals surface area contributed by atoms with Gasteiger partial charge in [0.05, 0.1) is 18.5 Å². The number of aromatic nitrogens is 1. The van der Waals surface area contributed by atoms with E-state index in [2.05, 4.69) is 18.0 Å². The molecule has 1 aromatic heterocycles. The van der Waals surface area contributed by atoms with Crippen LogP contribution in [-0.4, -0.2) is 28.4 Å². The Balaban J connectivity index is 2.68. The third-order valence-electron chi connectivity index (χ3n) is 3.09. The first kappa shape index (κ1) is 16.1. The zero-order chi connectivity index (χ0) is 14.8. The fraction of sp³-hybridized carbons (Fsp3) is 0.533. The minimum atomic E-state index is -0.481. The molecule has 5 nitrogen and oxygen atoms in total. The van der Waals surface area contributed by atoms with Crippen LogP contribution in [0, 0.1) is 11.3 Å². The summed E-state index contributed by atoms with van der Waals surface area (Å²) in [7, 11) is 0. The van der Waals surface area contributed by atoms with Crippen LogP contribution in [0.3, 0.4) is 0 Å². The zero-order valence-corrected chi connectivity index (χ0v) is 12.0. The highest BCUT2D eigenvalue weighted by Gasteiger charge is 2.20. The first-order chi connectivity index (χ1) is 9.69. The van der Waals surface area contributed by atoms with Crippen LogP contribution in [0.25, 0.3) is 0 Å². The SMILES string of the molecule is CCCCC(N)C(=O)N(CCC#N)Cc1cccnc1. The molecule has 0 bridgehead atoms. The number of hydrogen-bond acceptors (Lipinski definition) is 4. The van der Waals surface area contributed by atoms with Crippen molar-refractivity contribution in [2.24, 2.45) is 5.73 Å². The highest BCUT2D eigenvalue weighted by molar-refractivity contribution is 5.81. The van der Waals surface area contributed by atoms with Crippen LogP contribution in [0.5, 0.6) is 0 Å². The first-order valence-corrected chi connectivity index (χ1v) is 6.99. The fourth-order valence-corrected chi connectivity index (χ4v) is 1.95. The Morgan fingerprint density at radius 3 is 3.00 bits per heavy atom. The van der Waals surface area contributed by atoms with Gasteiger partial charge < -0.3 is 10.6 Å². The van der Waals surface area contributed by atoms with Gasteiger partial charge in [0.15, 0.2) is 0 Å². The summed E-state index contributed by atoms with van der Waals surface area (Å²) in [5, 5.41) is 8.71. The number of rotatable bonds is 8. The van der Waals surface area contributed by atoms with Gasteiger partial charge in [0.25, 0.3) is 0 Å². The second kappa shape index (κ2) is 9.05.